The van der Waals surface area contributed by atoms with Crippen LogP contribution < -0.4 is 10.3 Å². The number of nitro benzene ring substituents is 1. The molecule has 0 radical (unpaired) electrons. The minimum absolute atomic E-state index is 0.00907. The summed E-state index contributed by atoms with van der Waals surface area (Å²) in [6.45, 7) is 2.10. The molecule has 0 saturated heterocycles. The van der Waals surface area contributed by atoms with Crippen LogP contribution in [0, 0.1) is 17.0 Å². The molecule has 0 aliphatic carbocycles. The van der Waals surface area contributed by atoms with Crippen LogP contribution >= 0.6 is 0 Å². The Bertz CT molecular complexity index is 1870. The molecule has 0 saturated carbocycles. The molecule has 0 atom stereocenters. The fourth-order valence-electron chi connectivity index (χ4n) is 4.22. The van der Waals surface area contributed by atoms with E-state index in [9.17, 15) is 28.1 Å². The van der Waals surface area contributed by atoms with Crippen molar-refractivity contribution < 1.29 is 22.8 Å². The average molecular weight is 559 g/mol. The predicted molar refractivity (Wildman–Crippen MR) is 148 cm³/mol. The zero-order valence-corrected chi connectivity index (χ0v) is 21.5. The standard InChI is InChI=1S/C30H21F3N4O4/c1-19-6-4-7-20(14-19)18-41-27-13-12-24(37(39)40)16-22(27)17-34-36-28(21-8-5-9-23(15-21)30(31,32)33)35-26-11-3-2-10-25(26)29(36)38/h2-17H,18H2,1H3. The van der Waals surface area contributed by atoms with E-state index in [4.69, 9.17) is 4.74 Å². The highest BCUT2D eigenvalue weighted by molar-refractivity contribution is 5.85. The Hall–Kier alpha value is -5.32. The first-order valence-electron chi connectivity index (χ1n) is 12.3. The van der Waals surface area contributed by atoms with Gasteiger partial charge in [-0.2, -0.15) is 22.9 Å². The van der Waals surface area contributed by atoms with Gasteiger partial charge in [0.1, 0.15) is 12.4 Å². The second kappa shape index (κ2) is 11.0. The molecular weight excluding hydrogens is 537 g/mol. The van der Waals surface area contributed by atoms with Gasteiger partial charge >= 0.3 is 6.18 Å². The van der Waals surface area contributed by atoms with E-state index in [0.29, 0.717) is 0 Å². The summed E-state index contributed by atoms with van der Waals surface area (Å²) >= 11 is 0. The second-order valence-corrected chi connectivity index (χ2v) is 9.15. The molecule has 41 heavy (non-hydrogen) atoms. The quantitative estimate of drug-likeness (QED) is 0.125. The third-order valence-electron chi connectivity index (χ3n) is 6.20. The fraction of sp³-hybridized carbons (Fsp3) is 0.100. The number of alkyl halides is 3. The zero-order chi connectivity index (χ0) is 29.1. The third kappa shape index (κ3) is 5.98. The molecule has 0 unspecified atom stereocenters. The van der Waals surface area contributed by atoms with Crippen molar-refractivity contribution in [1.29, 1.82) is 0 Å². The SMILES string of the molecule is Cc1cccc(COc2ccc([N+](=O)[O-])cc2C=Nn2c(-c3cccc(C(F)(F)F)c3)nc3ccccc3c2=O)c1. The number of hydrogen-bond acceptors (Lipinski definition) is 6. The Morgan fingerprint density at radius 3 is 2.54 bits per heavy atom. The number of fused-ring (bicyclic) bond motifs is 1. The van der Waals surface area contributed by atoms with Crippen molar-refractivity contribution in [3.8, 4) is 17.1 Å². The second-order valence-electron chi connectivity index (χ2n) is 9.15. The maximum atomic E-state index is 13.5. The number of para-hydroxylation sites is 1. The number of aromatic nitrogens is 2. The monoisotopic (exact) mass is 558 g/mol. The molecular formula is C30H21F3N4O4. The molecule has 11 heteroatoms. The van der Waals surface area contributed by atoms with Gasteiger partial charge in [0, 0.05) is 23.3 Å². The van der Waals surface area contributed by atoms with Gasteiger partial charge in [-0.1, -0.05) is 54.1 Å². The first-order valence-corrected chi connectivity index (χ1v) is 12.3. The molecule has 4 aromatic carbocycles. The van der Waals surface area contributed by atoms with Gasteiger partial charge in [-0.15, -0.1) is 0 Å². The highest BCUT2D eigenvalue weighted by atomic mass is 19.4. The summed E-state index contributed by atoms with van der Waals surface area (Å²) in [6, 6.07) is 22.3. The molecule has 1 aromatic heterocycles. The van der Waals surface area contributed by atoms with E-state index >= 15 is 0 Å². The maximum Gasteiger partial charge on any atom is 0.416 e. The Labute approximate surface area is 231 Å². The highest BCUT2D eigenvalue weighted by Crippen LogP contribution is 2.32. The van der Waals surface area contributed by atoms with Gasteiger partial charge in [-0.05, 0) is 42.8 Å². The van der Waals surface area contributed by atoms with Crippen LogP contribution in [0.25, 0.3) is 22.3 Å². The molecule has 0 aliphatic heterocycles. The number of aryl methyl sites for hydroxylation is 1. The molecule has 0 fully saturated rings. The van der Waals surface area contributed by atoms with Crippen molar-refractivity contribution in [3.05, 3.63) is 134 Å². The molecule has 5 aromatic rings. The van der Waals surface area contributed by atoms with Gasteiger partial charge in [-0.3, -0.25) is 14.9 Å². The van der Waals surface area contributed by atoms with Gasteiger partial charge in [-0.25, -0.2) is 4.98 Å². The first kappa shape index (κ1) is 27.3. The topological polar surface area (TPSA) is 99.6 Å². The number of rotatable bonds is 7. The van der Waals surface area contributed by atoms with Crippen LogP contribution in [-0.2, 0) is 12.8 Å². The van der Waals surface area contributed by atoms with Gasteiger partial charge < -0.3 is 4.74 Å². The van der Waals surface area contributed by atoms with Crippen molar-refractivity contribution in [3.63, 3.8) is 0 Å². The lowest BCUT2D eigenvalue weighted by atomic mass is 10.1. The minimum Gasteiger partial charge on any atom is -0.488 e. The van der Waals surface area contributed by atoms with E-state index in [-0.39, 0.29) is 45.9 Å². The summed E-state index contributed by atoms with van der Waals surface area (Å²) in [5.41, 5.74) is 0.572. The van der Waals surface area contributed by atoms with Crippen molar-refractivity contribution in [2.24, 2.45) is 5.10 Å². The van der Waals surface area contributed by atoms with Gasteiger partial charge in [0.25, 0.3) is 11.2 Å². The molecule has 0 spiro atoms. The Balaban J connectivity index is 1.63. The lowest BCUT2D eigenvalue weighted by Gasteiger charge is -2.12. The van der Waals surface area contributed by atoms with Crippen molar-refractivity contribution in [2.75, 3.05) is 0 Å². The molecule has 1 heterocycles. The largest absolute Gasteiger partial charge is 0.488 e. The molecule has 0 aliphatic rings. The van der Waals surface area contributed by atoms with E-state index in [1.807, 2.05) is 31.2 Å². The molecule has 0 N–H and O–H groups in total. The lowest BCUT2D eigenvalue weighted by molar-refractivity contribution is -0.384. The third-order valence-corrected chi connectivity index (χ3v) is 6.20. The van der Waals surface area contributed by atoms with Crippen LogP contribution in [0.3, 0.4) is 0 Å². The van der Waals surface area contributed by atoms with E-state index < -0.39 is 22.2 Å². The van der Waals surface area contributed by atoms with Crippen LogP contribution in [0.5, 0.6) is 5.75 Å². The highest BCUT2D eigenvalue weighted by Gasteiger charge is 2.31. The molecule has 0 amide bonds. The normalized spacial score (nSPS) is 11.7. The van der Waals surface area contributed by atoms with Crippen molar-refractivity contribution in [1.82, 2.24) is 9.66 Å². The number of halogens is 3. The van der Waals surface area contributed by atoms with E-state index in [2.05, 4.69) is 10.1 Å². The first-order chi connectivity index (χ1) is 19.6. The summed E-state index contributed by atoms with van der Waals surface area (Å²) in [6.07, 6.45) is -3.43. The number of nitro groups is 1. The Morgan fingerprint density at radius 1 is 1.00 bits per heavy atom. The average Bonchev–Trinajstić information content (AvgIpc) is 2.95. The number of benzene rings is 4. The van der Waals surface area contributed by atoms with Crippen LogP contribution in [0.4, 0.5) is 18.9 Å². The van der Waals surface area contributed by atoms with Gasteiger partial charge in [0.05, 0.1) is 27.6 Å². The molecule has 0 bridgehead atoms. The lowest BCUT2D eigenvalue weighted by Crippen LogP contribution is -2.20. The summed E-state index contributed by atoms with van der Waals surface area (Å²) in [5, 5.41) is 15.9. The van der Waals surface area contributed by atoms with Crippen LogP contribution in [0.15, 0.2) is 101 Å². The number of non-ortho nitro benzene ring substituents is 1. The van der Waals surface area contributed by atoms with Crippen LogP contribution in [0.1, 0.15) is 22.3 Å². The minimum atomic E-state index is -4.62. The fourth-order valence-corrected chi connectivity index (χ4v) is 4.22. The van der Waals surface area contributed by atoms with E-state index in [1.54, 1.807) is 18.2 Å². The molecule has 5 rings (SSSR count). The maximum absolute atomic E-state index is 13.5. The zero-order valence-electron chi connectivity index (χ0n) is 21.5. The molecule has 206 valence electrons. The summed E-state index contributed by atoms with van der Waals surface area (Å²) in [7, 11) is 0. The number of nitrogens with zero attached hydrogens (tertiary/aromatic N) is 4. The predicted octanol–water partition coefficient (Wildman–Crippen LogP) is 6.76. The summed E-state index contributed by atoms with van der Waals surface area (Å²) < 4.78 is 47.2. The Kier molecular flexibility index (Phi) is 7.34. The van der Waals surface area contributed by atoms with Gasteiger partial charge in [0.2, 0.25) is 0 Å². The van der Waals surface area contributed by atoms with E-state index in [0.717, 1.165) is 27.9 Å². The summed E-state index contributed by atoms with van der Waals surface area (Å²) in [4.78, 5) is 28.8. The van der Waals surface area contributed by atoms with Crippen molar-refractivity contribution in [2.45, 2.75) is 19.7 Å². The molecule has 8 nitrogen and oxygen atoms in total. The summed E-state index contributed by atoms with van der Waals surface area (Å²) in [5.74, 6) is 0.118. The van der Waals surface area contributed by atoms with Crippen LogP contribution in [0.2, 0.25) is 0 Å². The Morgan fingerprint density at radius 2 is 1.78 bits per heavy atom. The van der Waals surface area contributed by atoms with E-state index in [1.165, 1.54) is 42.6 Å². The smallest absolute Gasteiger partial charge is 0.416 e. The van der Waals surface area contributed by atoms with Crippen molar-refractivity contribution >= 4 is 22.8 Å². The number of ether oxygens (including phenoxy) is 1. The number of hydrogen-bond donors (Lipinski definition) is 0. The van der Waals surface area contributed by atoms with Gasteiger partial charge in [0.15, 0.2) is 5.82 Å². The van der Waals surface area contributed by atoms with Crippen LogP contribution in [-0.4, -0.2) is 20.8 Å².